The molecule has 1 atom stereocenters. The van der Waals surface area contributed by atoms with Crippen molar-refractivity contribution >= 4 is 5.91 Å². The number of benzene rings is 1. The number of halogens is 2. The van der Waals surface area contributed by atoms with Crippen molar-refractivity contribution in [1.29, 1.82) is 0 Å². The molecule has 1 amide bonds. The van der Waals surface area contributed by atoms with Crippen molar-refractivity contribution in [3.63, 3.8) is 0 Å². The third kappa shape index (κ3) is 5.14. The predicted molar refractivity (Wildman–Crippen MR) is 77.4 cm³/mol. The molecular weight excluding hydrogens is 296 g/mol. The molecule has 0 saturated heterocycles. The van der Waals surface area contributed by atoms with Crippen LogP contribution in [0, 0.1) is 5.41 Å². The molecule has 0 aromatic heterocycles. The molecule has 124 valence electrons. The minimum absolute atomic E-state index is 0.0550. The van der Waals surface area contributed by atoms with Crippen LogP contribution in [0.5, 0.6) is 11.5 Å². The Kier molecular flexibility index (Phi) is 6.11. The highest BCUT2D eigenvalue weighted by Gasteiger charge is 2.23. The number of carbonyl (C=O) groups excluding carboxylic acids is 1. The average Bonchev–Trinajstić information content (AvgIpc) is 2.42. The number of hydrogen-bond acceptors (Lipinski definition) is 4. The van der Waals surface area contributed by atoms with E-state index in [1.807, 2.05) is 20.8 Å². The van der Waals surface area contributed by atoms with E-state index in [2.05, 4.69) is 10.1 Å². The summed E-state index contributed by atoms with van der Waals surface area (Å²) in [5.41, 5.74) is -0.241. The van der Waals surface area contributed by atoms with Gasteiger partial charge in [-0.25, -0.2) is 0 Å². The number of carbonyl (C=O) groups is 1. The molecule has 0 aliphatic heterocycles. The van der Waals surface area contributed by atoms with Crippen LogP contribution in [0.15, 0.2) is 18.2 Å². The molecule has 2 N–H and O–H groups in total. The fourth-order valence-corrected chi connectivity index (χ4v) is 1.60. The highest BCUT2D eigenvalue weighted by Crippen LogP contribution is 2.29. The van der Waals surface area contributed by atoms with Gasteiger partial charge in [0.2, 0.25) is 0 Å². The number of ether oxygens (including phenoxy) is 2. The quantitative estimate of drug-likeness (QED) is 0.845. The molecule has 0 bridgehead atoms. The molecular formula is C15H21F2NO4. The van der Waals surface area contributed by atoms with E-state index >= 15 is 0 Å². The Morgan fingerprint density at radius 1 is 1.32 bits per heavy atom. The highest BCUT2D eigenvalue weighted by atomic mass is 19.3. The monoisotopic (exact) mass is 317 g/mol. The molecule has 7 heteroatoms. The minimum atomic E-state index is -3.02. The summed E-state index contributed by atoms with van der Waals surface area (Å²) in [6.45, 7) is 2.55. The number of aliphatic hydroxyl groups is 1. The molecule has 0 radical (unpaired) electrons. The highest BCUT2D eigenvalue weighted by molar-refractivity contribution is 5.94. The number of amides is 1. The second kappa shape index (κ2) is 7.40. The Labute approximate surface area is 128 Å². The van der Waals surface area contributed by atoms with Crippen LogP contribution in [0.25, 0.3) is 0 Å². The summed E-state index contributed by atoms with van der Waals surface area (Å²) in [7, 11) is 1.31. The molecule has 5 nitrogen and oxygen atoms in total. The molecule has 22 heavy (non-hydrogen) atoms. The van der Waals surface area contributed by atoms with Gasteiger partial charge in [0, 0.05) is 12.1 Å². The summed E-state index contributed by atoms with van der Waals surface area (Å²) in [6.07, 6.45) is -0.730. The van der Waals surface area contributed by atoms with Crippen LogP contribution in [0.2, 0.25) is 0 Å². The van der Waals surface area contributed by atoms with Crippen molar-refractivity contribution in [2.24, 2.45) is 5.41 Å². The largest absolute Gasteiger partial charge is 0.493 e. The molecule has 1 rings (SSSR count). The fourth-order valence-electron chi connectivity index (χ4n) is 1.60. The molecule has 0 heterocycles. The van der Waals surface area contributed by atoms with Crippen molar-refractivity contribution in [1.82, 2.24) is 5.32 Å². The van der Waals surface area contributed by atoms with Crippen LogP contribution in [0.4, 0.5) is 8.78 Å². The molecule has 1 aromatic rings. The maximum atomic E-state index is 12.3. The Hall–Kier alpha value is -1.89. The Balaban J connectivity index is 2.81. The van der Waals surface area contributed by atoms with Gasteiger partial charge in [-0.1, -0.05) is 20.8 Å². The van der Waals surface area contributed by atoms with Crippen LogP contribution in [0.3, 0.4) is 0 Å². The lowest BCUT2D eigenvalue weighted by Gasteiger charge is -2.25. The van der Waals surface area contributed by atoms with Crippen molar-refractivity contribution in [3.8, 4) is 11.5 Å². The molecule has 0 fully saturated rings. The zero-order valence-electron chi connectivity index (χ0n) is 13.0. The van der Waals surface area contributed by atoms with E-state index in [4.69, 9.17) is 4.74 Å². The second-order valence-electron chi connectivity index (χ2n) is 5.84. The van der Waals surface area contributed by atoms with Crippen LogP contribution < -0.4 is 14.8 Å². The van der Waals surface area contributed by atoms with Crippen molar-refractivity contribution < 1.29 is 28.2 Å². The van der Waals surface area contributed by atoms with E-state index in [1.54, 1.807) is 0 Å². The Bertz CT molecular complexity index is 515. The van der Waals surface area contributed by atoms with Crippen LogP contribution in [-0.2, 0) is 0 Å². The minimum Gasteiger partial charge on any atom is -0.493 e. The summed E-state index contributed by atoms with van der Waals surface area (Å²) < 4.78 is 33.9. The number of aliphatic hydroxyl groups excluding tert-OH is 1. The zero-order chi connectivity index (χ0) is 16.9. The predicted octanol–water partition coefficient (Wildman–Crippen LogP) is 2.43. The molecule has 0 aliphatic carbocycles. The maximum Gasteiger partial charge on any atom is 0.387 e. The Morgan fingerprint density at radius 2 is 1.95 bits per heavy atom. The fraction of sp³-hybridized carbons (Fsp3) is 0.533. The van der Waals surface area contributed by atoms with E-state index in [-0.39, 0.29) is 29.0 Å². The smallest absolute Gasteiger partial charge is 0.387 e. The van der Waals surface area contributed by atoms with Crippen molar-refractivity contribution in [2.45, 2.75) is 33.5 Å². The SMILES string of the molecule is COc1ccc(C(=O)NC[C@H](O)C(C)(C)C)cc1OC(F)F. The molecule has 0 saturated carbocycles. The number of hydrogen-bond donors (Lipinski definition) is 2. The maximum absolute atomic E-state index is 12.3. The summed E-state index contributed by atoms with van der Waals surface area (Å²) in [5, 5.41) is 12.4. The number of methoxy groups -OCH3 is 1. The van der Waals surface area contributed by atoms with Gasteiger partial charge in [0.05, 0.1) is 13.2 Å². The van der Waals surface area contributed by atoms with E-state index in [0.717, 1.165) is 0 Å². The summed E-state index contributed by atoms with van der Waals surface area (Å²) in [6, 6.07) is 3.96. The number of nitrogens with one attached hydrogen (secondary N) is 1. The first kappa shape index (κ1) is 18.2. The first-order valence-electron chi connectivity index (χ1n) is 6.74. The van der Waals surface area contributed by atoms with E-state index in [1.165, 1.54) is 25.3 Å². The normalized spacial score (nSPS) is 12.9. The van der Waals surface area contributed by atoms with Gasteiger partial charge in [-0.2, -0.15) is 8.78 Å². The lowest BCUT2D eigenvalue weighted by atomic mass is 9.89. The topological polar surface area (TPSA) is 67.8 Å². The number of alkyl halides is 2. The van der Waals surface area contributed by atoms with Crippen LogP contribution in [0.1, 0.15) is 31.1 Å². The lowest BCUT2D eigenvalue weighted by molar-refractivity contribution is -0.0512. The van der Waals surface area contributed by atoms with E-state index in [9.17, 15) is 18.7 Å². The first-order valence-corrected chi connectivity index (χ1v) is 6.74. The van der Waals surface area contributed by atoms with Gasteiger partial charge in [0.15, 0.2) is 11.5 Å². The van der Waals surface area contributed by atoms with Crippen molar-refractivity contribution in [2.75, 3.05) is 13.7 Å². The van der Waals surface area contributed by atoms with E-state index < -0.39 is 18.6 Å². The second-order valence-corrected chi connectivity index (χ2v) is 5.84. The molecule has 1 aromatic carbocycles. The molecule has 0 unspecified atom stereocenters. The first-order chi connectivity index (χ1) is 10.1. The summed E-state index contributed by atoms with van der Waals surface area (Å²) in [4.78, 5) is 12.0. The third-order valence-corrected chi connectivity index (χ3v) is 3.10. The van der Waals surface area contributed by atoms with E-state index in [0.29, 0.717) is 0 Å². The van der Waals surface area contributed by atoms with Crippen molar-refractivity contribution in [3.05, 3.63) is 23.8 Å². The average molecular weight is 317 g/mol. The van der Waals surface area contributed by atoms with Crippen LogP contribution in [-0.4, -0.2) is 37.4 Å². The van der Waals surface area contributed by atoms with Gasteiger partial charge in [0.25, 0.3) is 5.91 Å². The zero-order valence-corrected chi connectivity index (χ0v) is 13.0. The van der Waals surface area contributed by atoms with Gasteiger partial charge in [0.1, 0.15) is 0 Å². The van der Waals surface area contributed by atoms with Gasteiger partial charge < -0.3 is 19.9 Å². The lowest BCUT2D eigenvalue weighted by Crippen LogP contribution is -2.39. The van der Waals surface area contributed by atoms with Crippen LogP contribution >= 0.6 is 0 Å². The van der Waals surface area contributed by atoms with Gasteiger partial charge in [-0.05, 0) is 23.6 Å². The van der Waals surface area contributed by atoms with Gasteiger partial charge >= 0.3 is 6.61 Å². The Morgan fingerprint density at radius 3 is 2.45 bits per heavy atom. The van der Waals surface area contributed by atoms with Gasteiger partial charge in [-0.3, -0.25) is 4.79 Å². The third-order valence-electron chi connectivity index (χ3n) is 3.10. The summed E-state index contributed by atoms with van der Waals surface area (Å²) in [5.74, 6) is -0.613. The standard InChI is InChI=1S/C15H21F2NO4/c1-15(2,3)12(19)8-18-13(20)9-5-6-10(21-4)11(7-9)22-14(16)17/h5-7,12,14,19H,8H2,1-4H3,(H,18,20)/t12-/m0/s1. The summed E-state index contributed by atoms with van der Waals surface area (Å²) >= 11 is 0. The number of rotatable bonds is 6. The molecule has 0 spiro atoms. The van der Waals surface area contributed by atoms with Gasteiger partial charge in [-0.15, -0.1) is 0 Å². The molecule has 0 aliphatic rings.